The Morgan fingerprint density at radius 3 is 2.52 bits per heavy atom. The summed E-state index contributed by atoms with van der Waals surface area (Å²) in [6.45, 7) is 4.03. The fourth-order valence-corrected chi connectivity index (χ4v) is 2.48. The molecule has 0 N–H and O–H groups in total. The Kier molecular flexibility index (Phi) is 4.24. The smallest absolute Gasteiger partial charge is 0.336 e. The Morgan fingerprint density at radius 2 is 1.70 bits per heavy atom. The lowest BCUT2D eigenvalue weighted by molar-refractivity contribution is -0.128. The molecule has 2 nitrogen and oxygen atoms in total. The van der Waals surface area contributed by atoms with Crippen molar-refractivity contribution in [3.8, 4) is 5.75 Å². The summed E-state index contributed by atoms with van der Waals surface area (Å²) in [6.07, 6.45) is 3.27. The van der Waals surface area contributed by atoms with Crippen molar-refractivity contribution in [1.29, 1.82) is 0 Å². The maximum Gasteiger partial charge on any atom is 0.336 e. The molecule has 0 aromatic heterocycles. The van der Waals surface area contributed by atoms with Crippen molar-refractivity contribution in [2.45, 2.75) is 13.8 Å². The Hall–Kier alpha value is -2.87. The van der Waals surface area contributed by atoms with E-state index in [9.17, 15) is 4.79 Å². The van der Waals surface area contributed by atoms with E-state index in [4.69, 9.17) is 4.74 Å². The molecule has 0 spiro atoms. The number of carbonyl (C=O) groups is 1. The number of ether oxygens (including phenoxy) is 1. The van der Waals surface area contributed by atoms with Gasteiger partial charge >= 0.3 is 5.97 Å². The Labute approximate surface area is 136 Å². The van der Waals surface area contributed by atoms with Crippen LogP contribution in [0.3, 0.4) is 0 Å². The highest BCUT2D eigenvalue weighted by Gasteiger charge is 2.03. The van der Waals surface area contributed by atoms with Crippen molar-refractivity contribution in [3.05, 3.63) is 83.4 Å². The topological polar surface area (TPSA) is 26.3 Å². The summed E-state index contributed by atoms with van der Waals surface area (Å²) in [4.78, 5) is 12.0. The van der Waals surface area contributed by atoms with E-state index in [0.29, 0.717) is 5.75 Å². The molecule has 0 fully saturated rings. The van der Waals surface area contributed by atoms with Gasteiger partial charge in [0.1, 0.15) is 5.75 Å². The van der Waals surface area contributed by atoms with Gasteiger partial charge in [-0.05, 0) is 59.5 Å². The standard InChI is InChI=1S/C21H18O2/c1-15-10-12-19(14-16(15)2)23-21(22)13-11-18-8-5-7-17-6-3-4-9-20(17)18/h3-14H,1-2H3/b13-11+. The van der Waals surface area contributed by atoms with E-state index in [1.165, 1.54) is 11.6 Å². The minimum absolute atomic E-state index is 0.374. The van der Waals surface area contributed by atoms with E-state index >= 15 is 0 Å². The van der Waals surface area contributed by atoms with Gasteiger partial charge in [-0.2, -0.15) is 0 Å². The van der Waals surface area contributed by atoms with Crippen LogP contribution in [0.1, 0.15) is 16.7 Å². The molecule has 3 rings (SSSR count). The quantitative estimate of drug-likeness (QED) is 0.383. The van der Waals surface area contributed by atoms with Crippen LogP contribution in [0.25, 0.3) is 16.8 Å². The molecule has 0 saturated carbocycles. The number of hydrogen-bond acceptors (Lipinski definition) is 2. The number of rotatable bonds is 3. The van der Waals surface area contributed by atoms with Crippen LogP contribution in [0.2, 0.25) is 0 Å². The molecule has 0 unspecified atom stereocenters. The zero-order chi connectivity index (χ0) is 16.2. The van der Waals surface area contributed by atoms with E-state index in [1.54, 1.807) is 6.08 Å². The highest BCUT2D eigenvalue weighted by molar-refractivity contribution is 5.95. The largest absolute Gasteiger partial charge is 0.423 e. The minimum atomic E-state index is -0.374. The first-order chi connectivity index (χ1) is 11.1. The summed E-state index contributed by atoms with van der Waals surface area (Å²) in [7, 11) is 0. The zero-order valence-corrected chi connectivity index (χ0v) is 13.2. The van der Waals surface area contributed by atoms with Crippen LogP contribution in [0.4, 0.5) is 0 Å². The highest BCUT2D eigenvalue weighted by Crippen LogP contribution is 2.20. The monoisotopic (exact) mass is 302 g/mol. The molecule has 0 aliphatic heterocycles. The van der Waals surface area contributed by atoms with Crippen molar-refractivity contribution in [3.63, 3.8) is 0 Å². The average Bonchev–Trinajstić information content (AvgIpc) is 2.56. The second kappa shape index (κ2) is 6.49. The number of benzene rings is 3. The zero-order valence-electron chi connectivity index (χ0n) is 13.2. The molecule has 0 aliphatic rings. The summed E-state index contributed by atoms with van der Waals surface area (Å²) < 4.78 is 5.36. The van der Waals surface area contributed by atoms with Crippen molar-refractivity contribution in [2.75, 3.05) is 0 Å². The third-order valence-corrected chi connectivity index (χ3v) is 3.92. The van der Waals surface area contributed by atoms with Gasteiger partial charge in [0.2, 0.25) is 0 Å². The molecule has 0 amide bonds. The van der Waals surface area contributed by atoms with Gasteiger partial charge in [0.25, 0.3) is 0 Å². The van der Waals surface area contributed by atoms with E-state index in [1.807, 2.05) is 62.4 Å². The Morgan fingerprint density at radius 1 is 0.913 bits per heavy atom. The summed E-state index contributed by atoms with van der Waals surface area (Å²) in [5.74, 6) is 0.196. The summed E-state index contributed by atoms with van der Waals surface area (Å²) in [5.41, 5.74) is 3.28. The third kappa shape index (κ3) is 3.49. The normalized spacial score (nSPS) is 11.0. The van der Waals surface area contributed by atoms with Gasteiger partial charge in [-0.25, -0.2) is 4.79 Å². The molecule has 0 radical (unpaired) electrons. The van der Waals surface area contributed by atoms with Crippen LogP contribution >= 0.6 is 0 Å². The second-order valence-electron chi connectivity index (χ2n) is 5.57. The van der Waals surface area contributed by atoms with Crippen molar-refractivity contribution < 1.29 is 9.53 Å². The number of aryl methyl sites for hydroxylation is 2. The Balaban J connectivity index is 1.78. The highest BCUT2D eigenvalue weighted by atomic mass is 16.5. The predicted molar refractivity (Wildman–Crippen MR) is 94.5 cm³/mol. The fourth-order valence-electron chi connectivity index (χ4n) is 2.48. The average molecular weight is 302 g/mol. The molecule has 0 bridgehead atoms. The first kappa shape index (κ1) is 15.0. The molecular formula is C21H18O2. The number of hydrogen-bond donors (Lipinski definition) is 0. The molecule has 23 heavy (non-hydrogen) atoms. The summed E-state index contributed by atoms with van der Waals surface area (Å²) in [6, 6.07) is 19.8. The fraction of sp³-hybridized carbons (Fsp3) is 0.0952. The first-order valence-corrected chi connectivity index (χ1v) is 7.58. The molecule has 0 heterocycles. The molecular weight excluding hydrogens is 284 g/mol. The molecule has 3 aromatic carbocycles. The molecule has 3 aromatic rings. The van der Waals surface area contributed by atoms with Gasteiger partial charge < -0.3 is 4.74 Å². The predicted octanol–water partition coefficient (Wildman–Crippen LogP) is 5.08. The molecule has 0 aliphatic carbocycles. The summed E-state index contributed by atoms with van der Waals surface area (Å²) in [5, 5.41) is 2.27. The first-order valence-electron chi connectivity index (χ1n) is 7.58. The lowest BCUT2D eigenvalue weighted by Crippen LogP contribution is -2.03. The number of carbonyl (C=O) groups excluding carboxylic acids is 1. The van der Waals surface area contributed by atoms with Crippen LogP contribution in [0.15, 0.2) is 66.7 Å². The Bertz CT molecular complexity index is 886. The second-order valence-corrected chi connectivity index (χ2v) is 5.57. The number of fused-ring (bicyclic) bond motifs is 1. The van der Waals surface area contributed by atoms with E-state index < -0.39 is 0 Å². The van der Waals surface area contributed by atoms with Crippen LogP contribution in [0.5, 0.6) is 5.75 Å². The van der Waals surface area contributed by atoms with Gasteiger partial charge in [0, 0.05) is 6.08 Å². The number of esters is 1. The van der Waals surface area contributed by atoms with Gasteiger partial charge in [0.05, 0.1) is 0 Å². The van der Waals surface area contributed by atoms with Gasteiger partial charge in [-0.1, -0.05) is 48.5 Å². The van der Waals surface area contributed by atoms with Gasteiger partial charge in [0.15, 0.2) is 0 Å². The van der Waals surface area contributed by atoms with Gasteiger partial charge in [-0.3, -0.25) is 0 Å². The van der Waals surface area contributed by atoms with Crippen LogP contribution in [0, 0.1) is 13.8 Å². The van der Waals surface area contributed by atoms with Crippen molar-refractivity contribution >= 4 is 22.8 Å². The van der Waals surface area contributed by atoms with Crippen molar-refractivity contribution in [1.82, 2.24) is 0 Å². The van der Waals surface area contributed by atoms with E-state index in [2.05, 4.69) is 12.1 Å². The van der Waals surface area contributed by atoms with E-state index in [0.717, 1.165) is 21.9 Å². The van der Waals surface area contributed by atoms with Crippen LogP contribution < -0.4 is 4.74 Å². The molecule has 114 valence electrons. The maximum atomic E-state index is 12.0. The summed E-state index contributed by atoms with van der Waals surface area (Å²) >= 11 is 0. The minimum Gasteiger partial charge on any atom is -0.423 e. The molecule has 2 heteroatoms. The van der Waals surface area contributed by atoms with Gasteiger partial charge in [-0.15, -0.1) is 0 Å². The third-order valence-electron chi connectivity index (χ3n) is 3.92. The lowest BCUT2D eigenvalue weighted by atomic mass is 10.0. The molecule has 0 saturated heterocycles. The lowest BCUT2D eigenvalue weighted by Gasteiger charge is -2.05. The SMILES string of the molecule is Cc1ccc(OC(=O)/C=C/c2cccc3ccccc23)cc1C. The van der Waals surface area contributed by atoms with Crippen LogP contribution in [-0.4, -0.2) is 5.97 Å². The van der Waals surface area contributed by atoms with Crippen LogP contribution in [-0.2, 0) is 4.79 Å². The maximum absolute atomic E-state index is 12.0. The van der Waals surface area contributed by atoms with E-state index in [-0.39, 0.29) is 5.97 Å². The van der Waals surface area contributed by atoms with Crippen molar-refractivity contribution in [2.24, 2.45) is 0 Å². The molecule has 0 atom stereocenters.